The highest BCUT2D eigenvalue weighted by Crippen LogP contribution is 2.18. The second-order valence-electron chi connectivity index (χ2n) is 3.00. The van der Waals surface area contributed by atoms with Crippen LogP contribution in [0.4, 0.5) is 0 Å². The number of rotatable bonds is 5. The molecule has 0 aliphatic heterocycles. The smallest absolute Gasteiger partial charge is 0.182 e. The molecule has 0 aliphatic carbocycles. The van der Waals surface area contributed by atoms with Crippen molar-refractivity contribution in [2.45, 2.75) is 13.3 Å². The molecule has 0 spiro atoms. The normalized spacial score (nSPS) is 10.1. The monoisotopic (exact) mass is 228 g/mol. The van der Waals surface area contributed by atoms with Gasteiger partial charge in [0.15, 0.2) is 5.78 Å². The molecule has 2 nitrogen and oxygen atoms in total. The number of Topliss-reactive ketones (excluding diaryl/α,β-unsaturated/α-hetero) is 2. The molecule has 0 atom stereocenters. The van der Waals surface area contributed by atoms with Crippen molar-refractivity contribution in [2.75, 3.05) is 12.0 Å². The summed E-state index contributed by atoms with van der Waals surface area (Å²) in [6.45, 7) is 1.56. The summed E-state index contributed by atoms with van der Waals surface area (Å²) in [6, 6.07) is 3.67. The van der Waals surface area contributed by atoms with Crippen molar-refractivity contribution in [2.24, 2.45) is 0 Å². The van der Waals surface area contributed by atoms with Gasteiger partial charge in [-0.05, 0) is 25.3 Å². The van der Waals surface area contributed by atoms with E-state index in [0.29, 0.717) is 12.2 Å². The zero-order valence-electron chi connectivity index (χ0n) is 8.20. The Morgan fingerprint density at radius 3 is 2.71 bits per heavy atom. The third kappa shape index (κ3) is 3.27. The molecule has 0 N–H and O–H groups in total. The minimum Gasteiger partial charge on any atom is -0.300 e. The predicted octanol–water partition coefficient (Wildman–Crippen LogP) is 2.43. The Kier molecular flexibility index (Phi) is 4.35. The molecule has 1 heterocycles. The van der Waals surface area contributed by atoms with Gasteiger partial charge in [-0.15, -0.1) is 11.3 Å². The Morgan fingerprint density at radius 2 is 2.14 bits per heavy atom. The maximum Gasteiger partial charge on any atom is 0.182 e. The summed E-state index contributed by atoms with van der Waals surface area (Å²) in [5.74, 6) is 0.799. The first-order valence-corrected chi connectivity index (χ1v) is 6.45. The van der Waals surface area contributed by atoms with Crippen LogP contribution >= 0.6 is 23.1 Å². The Morgan fingerprint density at radius 1 is 1.43 bits per heavy atom. The zero-order chi connectivity index (χ0) is 10.6. The molecule has 0 aromatic carbocycles. The molecule has 0 aliphatic rings. The van der Waals surface area contributed by atoms with Gasteiger partial charge in [0.05, 0.1) is 10.6 Å². The molecule has 0 saturated heterocycles. The Hall–Kier alpha value is -0.610. The molecule has 0 radical (unpaired) electrons. The second kappa shape index (κ2) is 5.32. The largest absolute Gasteiger partial charge is 0.300 e. The van der Waals surface area contributed by atoms with Gasteiger partial charge in [0.1, 0.15) is 5.78 Å². The van der Waals surface area contributed by atoms with Crippen LogP contribution in [0.15, 0.2) is 12.1 Å². The quantitative estimate of drug-likeness (QED) is 0.726. The molecular weight excluding hydrogens is 216 g/mol. The van der Waals surface area contributed by atoms with Gasteiger partial charge in [-0.2, -0.15) is 11.8 Å². The van der Waals surface area contributed by atoms with Gasteiger partial charge in [0, 0.05) is 11.3 Å². The van der Waals surface area contributed by atoms with Crippen LogP contribution in [-0.2, 0) is 11.2 Å². The van der Waals surface area contributed by atoms with Crippen molar-refractivity contribution >= 4 is 34.7 Å². The Balaban J connectivity index is 2.67. The van der Waals surface area contributed by atoms with Crippen molar-refractivity contribution in [1.29, 1.82) is 0 Å². The molecule has 1 aromatic rings. The average molecular weight is 228 g/mol. The van der Waals surface area contributed by atoms with E-state index in [2.05, 4.69) is 0 Å². The molecule has 1 aromatic heterocycles. The van der Waals surface area contributed by atoms with Crippen LogP contribution in [0.25, 0.3) is 0 Å². The van der Waals surface area contributed by atoms with Gasteiger partial charge >= 0.3 is 0 Å². The standard InChI is InChI=1S/C10H12O2S2/c1-7(11)5-8-3-4-10(14-8)9(12)6-13-2/h3-4H,5-6H2,1-2H3. The van der Waals surface area contributed by atoms with E-state index in [4.69, 9.17) is 0 Å². The number of thiophene rings is 1. The summed E-state index contributed by atoms with van der Waals surface area (Å²) in [5, 5.41) is 0. The summed E-state index contributed by atoms with van der Waals surface area (Å²) in [6.07, 6.45) is 2.35. The third-order valence-electron chi connectivity index (χ3n) is 1.64. The van der Waals surface area contributed by atoms with E-state index in [1.165, 1.54) is 23.1 Å². The lowest BCUT2D eigenvalue weighted by Crippen LogP contribution is -1.98. The first kappa shape index (κ1) is 11.5. The van der Waals surface area contributed by atoms with Crippen molar-refractivity contribution in [3.8, 4) is 0 Å². The van der Waals surface area contributed by atoms with Crippen molar-refractivity contribution in [3.05, 3.63) is 21.9 Å². The molecule has 0 saturated carbocycles. The van der Waals surface area contributed by atoms with Crippen molar-refractivity contribution < 1.29 is 9.59 Å². The van der Waals surface area contributed by atoms with Crippen LogP contribution in [0, 0.1) is 0 Å². The molecular formula is C10H12O2S2. The van der Waals surface area contributed by atoms with Crippen LogP contribution in [0.5, 0.6) is 0 Å². The molecule has 0 unspecified atom stereocenters. The van der Waals surface area contributed by atoms with E-state index in [0.717, 1.165) is 9.75 Å². The van der Waals surface area contributed by atoms with E-state index in [1.54, 1.807) is 6.92 Å². The van der Waals surface area contributed by atoms with Crippen molar-refractivity contribution in [3.63, 3.8) is 0 Å². The van der Waals surface area contributed by atoms with Crippen molar-refractivity contribution in [1.82, 2.24) is 0 Å². The van der Waals surface area contributed by atoms with Crippen LogP contribution in [0.1, 0.15) is 21.5 Å². The van der Waals surface area contributed by atoms with Gasteiger partial charge in [-0.25, -0.2) is 0 Å². The van der Waals surface area contributed by atoms with Gasteiger partial charge in [0.25, 0.3) is 0 Å². The summed E-state index contributed by atoms with van der Waals surface area (Å²) in [7, 11) is 0. The molecule has 0 bridgehead atoms. The lowest BCUT2D eigenvalue weighted by molar-refractivity contribution is -0.116. The summed E-state index contributed by atoms with van der Waals surface area (Å²) in [4.78, 5) is 24.0. The number of hydrogen-bond acceptors (Lipinski definition) is 4. The Labute approximate surface area is 91.7 Å². The molecule has 76 valence electrons. The minimum absolute atomic E-state index is 0.135. The van der Waals surface area contributed by atoms with E-state index in [9.17, 15) is 9.59 Å². The molecule has 0 fully saturated rings. The highest BCUT2D eigenvalue weighted by atomic mass is 32.2. The van der Waals surface area contributed by atoms with E-state index in [-0.39, 0.29) is 11.6 Å². The fraction of sp³-hybridized carbons (Fsp3) is 0.400. The predicted molar refractivity (Wildman–Crippen MR) is 61.4 cm³/mol. The molecule has 0 amide bonds. The highest BCUT2D eigenvalue weighted by molar-refractivity contribution is 7.99. The highest BCUT2D eigenvalue weighted by Gasteiger charge is 2.09. The van der Waals surface area contributed by atoms with E-state index < -0.39 is 0 Å². The van der Waals surface area contributed by atoms with Gasteiger partial charge in [-0.3, -0.25) is 9.59 Å². The van der Waals surface area contributed by atoms with Crippen LogP contribution < -0.4 is 0 Å². The first-order chi connectivity index (χ1) is 6.63. The van der Waals surface area contributed by atoms with E-state index in [1.807, 2.05) is 18.4 Å². The van der Waals surface area contributed by atoms with Gasteiger partial charge in [0.2, 0.25) is 0 Å². The summed E-state index contributed by atoms with van der Waals surface area (Å²) < 4.78 is 0. The number of thioether (sulfide) groups is 1. The van der Waals surface area contributed by atoms with Crippen LogP contribution in [0.2, 0.25) is 0 Å². The van der Waals surface area contributed by atoms with Crippen LogP contribution in [-0.4, -0.2) is 23.6 Å². The minimum atomic E-state index is 0.135. The van der Waals surface area contributed by atoms with Crippen LogP contribution in [0.3, 0.4) is 0 Å². The fourth-order valence-corrected chi connectivity index (χ4v) is 2.60. The molecule has 14 heavy (non-hydrogen) atoms. The second-order valence-corrected chi connectivity index (χ2v) is 5.04. The number of carbonyl (C=O) groups excluding carboxylic acids is 2. The fourth-order valence-electron chi connectivity index (χ4n) is 1.07. The number of ketones is 2. The lowest BCUT2D eigenvalue weighted by atomic mass is 10.2. The topological polar surface area (TPSA) is 34.1 Å². The third-order valence-corrected chi connectivity index (χ3v) is 3.31. The molecule has 4 heteroatoms. The Bertz CT molecular complexity index is 342. The average Bonchev–Trinajstić information content (AvgIpc) is 2.52. The molecule has 1 rings (SSSR count). The zero-order valence-corrected chi connectivity index (χ0v) is 9.83. The summed E-state index contributed by atoms with van der Waals surface area (Å²) >= 11 is 2.94. The lowest BCUT2D eigenvalue weighted by Gasteiger charge is -1.92. The van der Waals surface area contributed by atoms with Gasteiger partial charge in [-0.1, -0.05) is 0 Å². The summed E-state index contributed by atoms with van der Waals surface area (Å²) in [5.41, 5.74) is 0. The SMILES string of the molecule is CSCC(=O)c1ccc(CC(C)=O)s1. The maximum atomic E-state index is 11.4. The van der Waals surface area contributed by atoms with Gasteiger partial charge < -0.3 is 0 Å². The van der Waals surface area contributed by atoms with E-state index >= 15 is 0 Å². The maximum absolute atomic E-state index is 11.4. The number of hydrogen-bond donors (Lipinski definition) is 0. The first-order valence-electron chi connectivity index (χ1n) is 4.23. The number of carbonyl (C=O) groups is 2.